The van der Waals surface area contributed by atoms with Crippen LogP contribution in [0, 0.1) is 0 Å². The Morgan fingerprint density at radius 2 is 1.36 bits per heavy atom. The molecule has 242 valence electrons. The predicted octanol–water partition coefficient (Wildman–Crippen LogP) is -3.89. The number of imidazole rings is 2. The molecule has 0 amide bonds. The summed E-state index contributed by atoms with van der Waals surface area (Å²) in [4.78, 5) is 70.4. The lowest BCUT2D eigenvalue weighted by atomic mass is 10.1. The summed E-state index contributed by atoms with van der Waals surface area (Å²) in [5, 5.41) is 22.1. The molecule has 4 unspecified atom stereocenters. The van der Waals surface area contributed by atoms with Gasteiger partial charge in [-0.2, -0.15) is 4.98 Å². The minimum Gasteiger partial charge on any atom is -0.756 e. The molecule has 3 aliphatic heterocycles. The molecule has 3 fully saturated rings. The van der Waals surface area contributed by atoms with Crippen LogP contribution in [-0.4, -0.2) is 99.1 Å². The molecule has 0 bridgehead atoms. The molecule has 6 N–H and O–H groups in total. The van der Waals surface area contributed by atoms with Crippen LogP contribution in [0.15, 0.2) is 28.6 Å². The number of phosphoric ester groups is 2. The minimum absolute atomic E-state index is 0.0397. The number of anilines is 1. The number of nitrogen functional groups attached to an aromatic ring is 1. The highest BCUT2D eigenvalue weighted by Gasteiger charge is 2.51. The van der Waals surface area contributed by atoms with Crippen molar-refractivity contribution in [2.75, 3.05) is 18.9 Å². The first-order valence-electron chi connectivity index (χ1n) is 12.9. The number of phosphoric acid groups is 2. The molecule has 4 aromatic rings. The van der Waals surface area contributed by atoms with Crippen LogP contribution < -0.4 is 26.6 Å². The van der Waals surface area contributed by atoms with Gasteiger partial charge in [0.25, 0.3) is 26.8 Å². The minimum atomic E-state index is -5.34. The Morgan fingerprint density at radius 3 is 1.91 bits per heavy atom. The molecule has 0 spiro atoms. The number of aliphatic hydroxyl groups excluding tert-OH is 2. The van der Waals surface area contributed by atoms with Crippen molar-refractivity contribution in [2.45, 2.75) is 49.1 Å². The molecule has 0 aromatic carbocycles. The summed E-state index contributed by atoms with van der Waals surface area (Å²) in [6.07, 6.45) is -10.2. The third-order valence-corrected chi connectivity index (χ3v) is 9.21. The van der Waals surface area contributed by atoms with Gasteiger partial charge in [-0.05, 0) is 0 Å². The highest BCUT2D eigenvalue weighted by molar-refractivity contribution is 7.46. The van der Waals surface area contributed by atoms with Crippen molar-refractivity contribution >= 4 is 43.9 Å². The van der Waals surface area contributed by atoms with Gasteiger partial charge in [-0.3, -0.25) is 32.8 Å². The number of aliphatic hydroxyl groups is 2. The maximum atomic E-state index is 12.9. The monoisotopic (exact) mass is 673 g/mol. The Hall–Kier alpha value is -3.44. The largest absolute Gasteiger partial charge is 0.756 e. The summed E-state index contributed by atoms with van der Waals surface area (Å²) in [7, 11) is -10.7. The van der Waals surface area contributed by atoms with Gasteiger partial charge in [-0.15, -0.1) is 0 Å². The number of fused-ring (bicyclic) bond motifs is 4. The Bertz CT molecular complexity index is 2000. The van der Waals surface area contributed by atoms with Crippen LogP contribution in [0.2, 0.25) is 0 Å². The molecule has 3 aliphatic rings. The highest BCUT2D eigenvalue weighted by atomic mass is 31.2. The van der Waals surface area contributed by atoms with Crippen LogP contribution in [0.4, 0.5) is 5.95 Å². The summed E-state index contributed by atoms with van der Waals surface area (Å²) in [5.74, 6) is -0.293. The molecule has 0 aliphatic carbocycles. The zero-order valence-electron chi connectivity index (χ0n) is 22.2. The topological polar surface area (TPSA) is 329 Å². The Morgan fingerprint density at radius 1 is 0.844 bits per heavy atom. The van der Waals surface area contributed by atoms with Crippen LogP contribution in [0.1, 0.15) is 12.5 Å². The van der Waals surface area contributed by atoms with E-state index < -0.39 is 89.1 Å². The number of aromatic amines is 2. The fourth-order valence-corrected chi connectivity index (χ4v) is 7.19. The van der Waals surface area contributed by atoms with Gasteiger partial charge in [0.2, 0.25) is 5.95 Å². The van der Waals surface area contributed by atoms with Crippen molar-refractivity contribution in [1.82, 2.24) is 39.0 Å². The maximum absolute atomic E-state index is 12.9. The smallest absolute Gasteiger partial charge is 0.280 e. The summed E-state index contributed by atoms with van der Waals surface area (Å²) in [6, 6.07) is 0. The van der Waals surface area contributed by atoms with Gasteiger partial charge in [0.1, 0.15) is 36.6 Å². The second kappa shape index (κ2) is 10.8. The second-order valence-corrected chi connectivity index (χ2v) is 12.8. The van der Waals surface area contributed by atoms with E-state index in [0.29, 0.717) is 0 Å². The van der Waals surface area contributed by atoms with Gasteiger partial charge in [-0.1, -0.05) is 0 Å². The zero-order chi connectivity index (χ0) is 31.8. The first-order valence-corrected chi connectivity index (χ1v) is 15.8. The molecular weight excluding hydrogens is 652 g/mol. The van der Waals surface area contributed by atoms with Gasteiger partial charge in [0.15, 0.2) is 34.8 Å². The van der Waals surface area contributed by atoms with Gasteiger partial charge in [0.05, 0.1) is 32.2 Å². The highest BCUT2D eigenvalue weighted by Crippen LogP contribution is 2.50. The lowest BCUT2D eigenvalue weighted by molar-refractivity contribution is -0.244. The van der Waals surface area contributed by atoms with E-state index in [1.54, 1.807) is 0 Å². The van der Waals surface area contributed by atoms with Crippen molar-refractivity contribution in [3.05, 3.63) is 39.7 Å². The number of hydrogen-bond acceptors (Lipinski definition) is 19. The lowest BCUT2D eigenvalue weighted by Crippen LogP contribution is -2.41. The first-order chi connectivity index (χ1) is 21.3. The van der Waals surface area contributed by atoms with Crippen molar-refractivity contribution in [2.24, 2.45) is 0 Å². The first kappa shape index (κ1) is 30.2. The number of rotatable bonds is 2. The second-order valence-electron chi connectivity index (χ2n) is 10.1. The number of ether oxygens (including phenoxy) is 2. The van der Waals surface area contributed by atoms with E-state index in [2.05, 4.69) is 29.9 Å². The van der Waals surface area contributed by atoms with Crippen LogP contribution in [0.5, 0.6) is 0 Å². The molecule has 23 nitrogen and oxygen atoms in total. The molecule has 10 atom stereocenters. The van der Waals surface area contributed by atoms with Gasteiger partial charge < -0.3 is 58.3 Å². The lowest BCUT2D eigenvalue weighted by Gasteiger charge is -2.34. The van der Waals surface area contributed by atoms with E-state index in [1.165, 1.54) is 0 Å². The summed E-state index contributed by atoms with van der Waals surface area (Å²) in [5.41, 5.74) is 3.81. The quantitative estimate of drug-likeness (QED) is 0.127. The number of H-pyrrole nitrogens is 2. The van der Waals surface area contributed by atoms with Crippen molar-refractivity contribution in [1.29, 1.82) is 0 Å². The van der Waals surface area contributed by atoms with Crippen LogP contribution in [0.25, 0.3) is 22.3 Å². The SMILES string of the molecule is Nc1nc2c(ncn2[C@@H]2O[C@@H]3COP(=O)([O-])O[C@@H]4C(O)[C@H](n5cnc6c(=O)[nH]cnc65)O[C@@H]4COP(=O)([O-])O[C@@H]3C2O)c(=O)[nH]1. The average Bonchev–Trinajstić information content (AvgIpc) is 3.72. The fraction of sp³-hybridized carbons (Fsp3) is 0.500. The number of aromatic nitrogens is 8. The molecule has 45 heavy (non-hydrogen) atoms. The number of nitrogens with one attached hydrogen (secondary N) is 2. The van der Waals surface area contributed by atoms with Crippen LogP contribution in [0.3, 0.4) is 0 Å². The number of nitrogens with zero attached hydrogens (tertiary/aromatic N) is 6. The van der Waals surface area contributed by atoms with Crippen molar-refractivity contribution in [3.8, 4) is 0 Å². The van der Waals surface area contributed by atoms with Gasteiger partial charge >= 0.3 is 0 Å². The number of nitrogens with two attached hydrogens (primary N) is 1. The Labute approximate surface area is 247 Å². The summed E-state index contributed by atoms with van der Waals surface area (Å²) < 4.78 is 59.6. The normalized spacial score (nSPS) is 37.7. The van der Waals surface area contributed by atoms with E-state index in [1.807, 2.05) is 0 Å². The van der Waals surface area contributed by atoms with E-state index in [9.17, 15) is 38.7 Å². The summed E-state index contributed by atoms with van der Waals surface area (Å²) >= 11 is 0. The predicted molar refractivity (Wildman–Crippen MR) is 137 cm³/mol. The van der Waals surface area contributed by atoms with Crippen molar-refractivity contribution in [3.63, 3.8) is 0 Å². The van der Waals surface area contributed by atoms with E-state index in [4.69, 9.17) is 33.3 Å². The molecule has 7 rings (SSSR count). The Kier molecular flexibility index (Phi) is 7.27. The molecular formula is C20H21N9O14P2-2. The van der Waals surface area contributed by atoms with Crippen LogP contribution in [-0.2, 0) is 36.7 Å². The van der Waals surface area contributed by atoms with E-state index >= 15 is 0 Å². The van der Waals surface area contributed by atoms with Gasteiger partial charge in [-0.25, -0.2) is 15.0 Å². The standard InChI is InChI=1S/C20H23N9O14P2/c21-20-26-15-9(17(33)27-20)25-5-29(15)19-11(31)13-7(41-19)2-39-44(34,35)42-12-6(1-38-45(36,37)43-13)40-18(10(12)30)28-4-24-8-14(28)22-3-23-16(8)32/h3-7,10-13,18-19,30-31H,1-2H2,(H,34,35)(H,36,37)(H,22,23,32)(H3,21,26,27,33)/p-2/t6-,7-,10?,11?,12+,13+,18-,19-/m1/s1. The molecule has 0 radical (unpaired) electrons. The summed E-state index contributed by atoms with van der Waals surface area (Å²) in [6.45, 7) is -1.88. The fourth-order valence-electron chi connectivity index (χ4n) is 5.29. The average molecular weight is 673 g/mol. The third-order valence-electron chi connectivity index (χ3n) is 7.28. The van der Waals surface area contributed by atoms with Crippen molar-refractivity contribution < 1.29 is 56.7 Å². The molecule has 3 saturated heterocycles. The van der Waals surface area contributed by atoms with E-state index in [0.717, 1.165) is 28.1 Å². The Balaban J connectivity index is 1.17. The molecule has 25 heteroatoms. The number of hydrogen-bond donors (Lipinski definition) is 5. The van der Waals surface area contributed by atoms with Gasteiger partial charge in [0, 0.05) is 0 Å². The molecule has 0 saturated carbocycles. The zero-order valence-corrected chi connectivity index (χ0v) is 24.0. The van der Waals surface area contributed by atoms with E-state index in [-0.39, 0.29) is 28.3 Å². The molecule has 4 aromatic heterocycles. The maximum Gasteiger partial charge on any atom is 0.280 e. The third kappa shape index (κ3) is 5.31. The van der Waals surface area contributed by atoms with Crippen LogP contribution >= 0.6 is 15.6 Å². The molecule has 7 heterocycles.